The van der Waals surface area contributed by atoms with Crippen LogP contribution in [0.2, 0.25) is 0 Å². The maximum atomic E-state index is 13.3. The van der Waals surface area contributed by atoms with Gasteiger partial charge in [-0.15, -0.1) is 0 Å². The van der Waals surface area contributed by atoms with E-state index in [1.807, 2.05) is 54.6 Å². The van der Waals surface area contributed by atoms with E-state index in [0.717, 1.165) is 17.0 Å². The third kappa shape index (κ3) is 5.58. The number of amides is 1. The minimum atomic E-state index is -3.91. The standard InChI is InChI=1S/C26H29N3O5S/c1-33-23-11-7-6-10-22(23)28-14-16-29(17-15-28)26(30)21-12-13-24(34-2)25(18-21)35(31,32)27-19-20-8-4-3-5-9-20/h3-13,18,27H,14-17,19H2,1-2H3. The van der Waals surface area contributed by atoms with Gasteiger partial charge in [0.1, 0.15) is 16.4 Å². The Morgan fingerprint density at radius 3 is 2.20 bits per heavy atom. The van der Waals surface area contributed by atoms with Crippen molar-refractivity contribution in [3.05, 3.63) is 83.9 Å². The summed E-state index contributed by atoms with van der Waals surface area (Å²) in [5.74, 6) is 0.759. The normalized spacial score (nSPS) is 14.0. The van der Waals surface area contributed by atoms with E-state index in [0.29, 0.717) is 31.7 Å². The van der Waals surface area contributed by atoms with Crippen molar-refractivity contribution in [3.63, 3.8) is 0 Å². The lowest BCUT2D eigenvalue weighted by Gasteiger charge is -2.36. The zero-order chi connectivity index (χ0) is 24.8. The SMILES string of the molecule is COc1ccccc1N1CCN(C(=O)c2ccc(OC)c(S(=O)(=O)NCc3ccccc3)c2)CC1. The van der Waals surface area contributed by atoms with E-state index in [1.54, 1.807) is 18.1 Å². The number of ether oxygens (including phenoxy) is 2. The second-order valence-corrected chi connectivity index (χ2v) is 9.86. The summed E-state index contributed by atoms with van der Waals surface area (Å²) in [6, 6.07) is 21.5. The first kappa shape index (κ1) is 24.6. The summed E-state index contributed by atoms with van der Waals surface area (Å²) in [6.07, 6.45) is 0. The minimum Gasteiger partial charge on any atom is -0.495 e. The maximum absolute atomic E-state index is 13.3. The van der Waals surface area contributed by atoms with Gasteiger partial charge in [0.15, 0.2) is 0 Å². The second kappa shape index (κ2) is 10.8. The van der Waals surface area contributed by atoms with Gasteiger partial charge in [0, 0.05) is 38.3 Å². The number of methoxy groups -OCH3 is 2. The van der Waals surface area contributed by atoms with Crippen LogP contribution in [-0.2, 0) is 16.6 Å². The molecule has 1 saturated heterocycles. The predicted octanol–water partition coefficient (Wildman–Crippen LogP) is 3.14. The number of nitrogens with one attached hydrogen (secondary N) is 1. The molecule has 0 aliphatic carbocycles. The molecular weight excluding hydrogens is 466 g/mol. The molecule has 35 heavy (non-hydrogen) atoms. The smallest absolute Gasteiger partial charge is 0.254 e. The molecule has 3 aromatic carbocycles. The molecule has 1 heterocycles. The second-order valence-electron chi connectivity index (χ2n) is 8.13. The summed E-state index contributed by atoms with van der Waals surface area (Å²) in [4.78, 5) is 17.1. The first-order valence-corrected chi connectivity index (χ1v) is 12.8. The number of carbonyl (C=O) groups is 1. The van der Waals surface area contributed by atoms with Crippen molar-refractivity contribution in [2.24, 2.45) is 0 Å². The van der Waals surface area contributed by atoms with Gasteiger partial charge in [0.05, 0.1) is 19.9 Å². The van der Waals surface area contributed by atoms with E-state index in [1.165, 1.54) is 19.2 Å². The molecule has 8 nitrogen and oxygen atoms in total. The lowest BCUT2D eigenvalue weighted by atomic mass is 10.1. The fourth-order valence-corrected chi connectivity index (χ4v) is 5.31. The summed E-state index contributed by atoms with van der Waals surface area (Å²) >= 11 is 0. The molecule has 0 bridgehead atoms. The van der Waals surface area contributed by atoms with Crippen molar-refractivity contribution < 1.29 is 22.7 Å². The maximum Gasteiger partial charge on any atom is 0.254 e. The molecule has 4 rings (SSSR count). The summed E-state index contributed by atoms with van der Waals surface area (Å²) in [7, 11) is -0.860. The van der Waals surface area contributed by atoms with Gasteiger partial charge < -0.3 is 19.3 Å². The van der Waals surface area contributed by atoms with E-state index in [2.05, 4.69) is 9.62 Å². The van der Waals surface area contributed by atoms with E-state index >= 15 is 0 Å². The number of rotatable bonds is 8. The molecule has 0 unspecified atom stereocenters. The molecule has 0 saturated carbocycles. The fraction of sp³-hybridized carbons (Fsp3) is 0.269. The number of para-hydroxylation sites is 2. The lowest BCUT2D eigenvalue weighted by molar-refractivity contribution is 0.0746. The first-order valence-electron chi connectivity index (χ1n) is 11.3. The molecular formula is C26H29N3O5S. The monoisotopic (exact) mass is 495 g/mol. The van der Waals surface area contributed by atoms with Crippen molar-refractivity contribution in [1.29, 1.82) is 0 Å². The number of anilines is 1. The average molecular weight is 496 g/mol. The molecule has 1 aliphatic rings. The molecule has 1 fully saturated rings. The molecule has 184 valence electrons. The summed E-state index contributed by atoms with van der Waals surface area (Å²) < 4.78 is 39.5. The Bertz CT molecular complexity index is 1270. The minimum absolute atomic E-state index is 0.0607. The van der Waals surface area contributed by atoms with Crippen LogP contribution in [0, 0.1) is 0 Å². The van der Waals surface area contributed by atoms with E-state index in [-0.39, 0.29) is 23.1 Å². The predicted molar refractivity (Wildman–Crippen MR) is 135 cm³/mol. The summed E-state index contributed by atoms with van der Waals surface area (Å²) in [5, 5.41) is 0. The van der Waals surface area contributed by atoms with Crippen molar-refractivity contribution in [2.75, 3.05) is 45.3 Å². The molecule has 0 aromatic heterocycles. The Kier molecular flexibility index (Phi) is 7.57. The zero-order valence-electron chi connectivity index (χ0n) is 19.8. The van der Waals surface area contributed by atoms with Crippen molar-refractivity contribution in [3.8, 4) is 11.5 Å². The van der Waals surface area contributed by atoms with Gasteiger partial charge in [0.25, 0.3) is 5.91 Å². The third-order valence-electron chi connectivity index (χ3n) is 6.00. The van der Waals surface area contributed by atoms with Crippen LogP contribution in [0.5, 0.6) is 11.5 Å². The number of piperazine rings is 1. The number of carbonyl (C=O) groups excluding carboxylic acids is 1. The van der Waals surface area contributed by atoms with Crippen LogP contribution in [0.3, 0.4) is 0 Å². The van der Waals surface area contributed by atoms with Crippen LogP contribution in [0.1, 0.15) is 15.9 Å². The van der Waals surface area contributed by atoms with Gasteiger partial charge in [-0.1, -0.05) is 42.5 Å². The zero-order valence-corrected chi connectivity index (χ0v) is 20.6. The first-order chi connectivity index (χ1) is 16.9. The Balaban J connectivity index is 1.48. The highest BCUT2D eigenvalue weighted by Gasteiger charge is 2.26. The topological polar surface area (TPSA) is 88.2 Å². The molecule has 1 N–H and O–H groups in total. The van der Waals surface area contributed by atoms with E-state index < -0.39 is 10.0 Å². The van der Waals surface area contributed by atoms with E-state index in [4.69, 9.17) is 9.47 Å². The quantitative estimate of drug-likeness (QED) is 0.517. The van der Waals surface area contributed by atoms with Gasteiger partial charge in [0.2, 0.25) is 10.0 Å². The molecule has 9 heteroatoms. The molecule has 0 atom stereocenters. The number of sulfonamides is 1. The largest absolute Gasteiger partial charge is 0.495 e. The Morgan fingerprint density at radius 1 is 0.857 bits per heavy atom. The van der Waals surface area contributed by atoms with Crippen LogP contribution < -0.4 is 19.1 Å². The van der Waals surface area contributed by atoms with E-state index in [9.17, 15) is 13.2 Å². The molecule has 1 amide bonds. The van der Waals surface area contributed by atoms with Crippen LogP contribution >= 0.6 is 0 Å². The molecule has 3 aromatic rings. The number of hydrogen-bond acceptors (Lipinski definition) is 6. The van der Waals surface area contributed by atoms with Gasteiger partial charge in [-0.3, -0.25) is 4.79 Å². The molecule has 1 aliphatic heterocycles. The number of benzene rings is 3. The van der Waals surface area contributed by atoms with Crippen LogP contribution in [0.4, 0.5) is 5.69 Å². The van der Waals surface area contributed by atoms with Crippen molar-refractivity contribution in [2.45, 2.75) is 11.4 Å². The molecule has 0 radical (unpaired) electrons. The van der Waals surface area contributed by atoms with Gasteiger partial charge in [-0.25, -0.2) is 13.1 Å². The Labute approximate surface area is 206 Å². The fourth-order valence-electron chi connectivity index (χ4n) is 4.10. The summed E-state index contributed by atoms with van der Waals surface area (Å²) in [5.41, 5.74) is 2.12. The lowest BCUT2D eigenvalue weighted by Crippen LogP contribution is -2.48. The number of nitrogens with zero attached hydrogens (tertiary/aromatic N) is 2. The van der Waals surface area contributed by atoms with Crippen LogP contribution in [-0.4, -0.2) is 59.6 Å². The third-order valence-corrected chi connectivity index (χ3v) is 7.42. The highest BCUT2D eigenvalue weighted by Crippen LogP contribution is 2.29. The van der Waals surface area contributed by atoms with Crippen molar-refractivity contribution >= 4 is 21.6 Å². The highest BCUT2D eigenvalue weighted by atomic mass is 32.2. The van der Waals surface area contributed by atoms with Gasteiger partial charge >= 0.3 is 0 Å². The van der Waals surface area contributed by atoms with Crippen molar-refractivity contribution in [1.82, 2.24) is 9.62 Å². The molecule has 0 spiro atoms. The average Bonchev–Trinajstić information content (AvgIpc) is 2.92. The van der Waals surface area contributed by atoms with Crippen LogP contribution in [0.15, 0.2) is 77.7 Å². The van der Waals surface area contributed by atoms with Gasteiger partial charge in [-0.2, -0.15) is 0 Å². The highest BCUT2D eigenvalue weighted by molar-refractivity contribution is 7.89. The van der Waals surface area contributed by atoms with Crippen LogP contribution in [0.25, 0.3) is 0 Å². The Morgan fingerprint density at radius 2 is 1.51 bits per heavy atom. The van der Waals surface area contributed by atoms with Gasteiger partial charge in [-0.05, 0) is 35.9 Å². The summed E-state index contributed by atoms with van der Waals surface area (Å²) in [6.45, 7) is 2.45. The Hall–Kier alpha value is -3.56. The number of hydrogen-bond donors (Lipinski definition) is 1.